The van der Waals surface area contributed by atoms with Crippen LogP contribution in [0.3, 0.4) is 0 Å². The average Bonchev–Trinajstić information content (AvgIpc) is 4.12. The zero-order valence-corrected chi connectivity index (χ0v) is 52.1. The maximum Gasteiger partial charge on any atom is 0.358 e. The van der Waals surface area contributed by atoms with E-state index in [0.717, 1.165) is 26.1 Å². The number of carbonyl (C=O) groups is 6. The normalized spacial score (nSPS) is 13.6. The summed E-state index contributed by atoms with van der Waals surface area (Å²) in [6.07, 6.45) is 23.6. The zero-order valence-electron chi connectivity index (χ0n) is 50.5. The van der Waals surface area contributed by atoms with Crippen LogP contribution in [0.1, 0.15) is 141 Å². The molecule has 0 radical (unpaired) electrons. The van der Waals surface area contributed by atoms with Crippen LogP contribution < -0.4 is 0 Å². The van der Waals surface area contributed by atoms with Crippen LogP contribution in [0.5, 0.6) is 0 Å². The Labute approximate surface area is 507 Å². The monoisotopic (exact) mass is 1240 g/mol. The van der Waals surface area contributed by atoms with E-state index < -0.39 is 35.6 Å². The molecule has 490 valence electrons. The third-order valence-corrected chi connectivity index (χ3v) is 15.0. The third kappa shape index (κ3) is 50.4. The summed E-state index contributed by atoms with van der Waals surface area (Å²) in [6.45, 7) is 11.2. The van der Waals surface area contributed by atoms with Crippen LogP contribution in [-0.4, -0.2) is 242 Å². The highest BCUT2D eigenvalue weighted by atomic mass is 33.1. The Morgan fingerprint density at radius 3 is 0.655 bits per heavy atom. The van der Waals surface area contributed by atoms with Crippen molar-refractivity contribution in [2.75, 3.05) is 196 Å². The van der Waals surface area contributed by atoms with Crippen molar-refractivity contribution in [3.05, 3.63) is 0 Å². The minimum absolute atomic E-state index is 0.0433. The molecule has 2 aliphatic rings. The second-order valence-corrected chi connectivity index (χ2v) is 22.3. The summed E-state index contributed by atoms with van der Waals surface area (Å²) < 4.78 is 76.5. The summed E-state index contributed by atoms with van der Waals surface area (Å²) in [5.41, 5.74) is 0. The second-order valence-electron chi connectivity index (χ2n) is 19.6. The number of imide groups is 2. The van der Waals surface area contributed by atoms with Crippen LogP contribution in [0.15, 0.2) is 0 Å². The first kappa shape index (κ1) is 77.5. The Balaban J connectivity index is 1.10. The molecule has 0 saturated carbocycles. The molecule has 2 saturated heterocycles. The average molecular weight is 1250 g/mol. The Hall–Kier alpha value is -2.64. The van der Waals surface area contributed by atoms with Crippen molar-refractivity contribution < 1.29 is 105 Å². The van der Waals surface area contributed by atoms with E-state index in [1.54, 1.807) is 0 Å². The molecular formula is C58H104N2O22S2. The van der Waals surface area contributed by atoms with Gasteiger partial charge in [0.25, 0.3) is 23.6 Å². The first-order chi connectivity index (χ1) is 41.4. The van der Waals surface area contributed by atoms with Gasteiger partial charge >= 0.3 is 11.9 Å². The van der Waals surface area contributed by atoms with Crippen molar-refractivity contribution in [2.45, 2.75) is 141 Å². The lowest BCUT2D eigenvalue weighted by atomic mass is 10.1. The van der Waals surface area contributed by atoms with E-state index in [-0.39, 0.29) is 65.3 Å². The molecule has 2 aliphatic heterocycles. The Bertz CT molecular complexity index is 1450. The molecule has 26 heteroatoms. The molecule has 84 heavy (non-hydrogen) atoms. The molecule has 2 fully saturated rings. The SMILES string of the molecule is O=C(COCCOCCOCCOCCOCCOCCOCCCCCCCCCCCSSCCCCCCCCCCCOCCOCCOCCOCCOCCOCCOCC(=O)ON1C(=O)CCC1=O)ON1C(=O)CCC1=O. The molecular weight excluding hydrogens is 1140 g/mol. The van der Waals surface area contributed by atoms with E-state index in [1.165, 1.54) is 114 Å². The van der Waals surface area contributed by atoms with Crippen molar-refractivity contribution in [1.29, 1.82) is 0 Å². The molecule has 0 atom stereocenters. The number of ether oxygens (including phenoxy) is 14. The maximum atomic E-state index is 11.6. The number of nitrogens with zero attached hydrogens (tertiary/aromatic N) is 2. The van der Waals surface area contributed by atoms with Gasteiger partial charge < -0.3 is 76.0 Å². The van der Waals surface area contributed by atoms with Gasteiger partial charge in [0, 0.05) is 50.4 Å². The Morgan fingerprint density at radius 2 is 0.429 bits per heavy atom. The fourth-order valence-corrected chi connectivity index (χ4v) is 10.1. The van der Waals surface area contributed by atoms with Crippen LogP contribution in [0, 0.1) is 0 Å². The molecule has 2 heterocycles. The van der Waals surface area contributed by atoms with Crippen LogP contribution in [0.25, 0.3) is 0 Å². The Kier molecular flexibility index (Phi) is 55.9. The lowest BCUT2D eigenvalue weighted by Gasteiger charge is -2.12. The largest absolute Gasteiger partial charge is 0.379 e. The molecule has 2 rings (SSSR count). The number of hydrogen-bond acceptors (Lipinski definition) is 24. The lowest BCUT2D eigenvalue weighted by molar-refractivity contribution is -0.200. The highest BCUT2D eigenvalue weighted by Crippen LogP contribution is 2.25. The molecule has 0 spiro atoms. The molecule has 0 N–H and O–H groups in total. The number of hydrogen-bond donors (Lipinski definition) is 0. The molecule has 0 aliphatic carbocycles. The molecule has 4 amide bonds. The fourth-order valence-electron chi connectivity index (χ4n) is 7.84. The summed E-state index contributed by atoms with van der Waals surface area (Å²) >= 11 is 0. The van der Waals surface area contributed by atoms with Gasteiger partial charge in [-0.25, -0.2) is 9.59 Å². The van der Waals surface area contributed by atoms with Crippen molar-refractivity contribution in [2.24, 2.45) is 0 Å². The predicted octanol–water partition coefficient (Wildman–Crippen LogP) is 6.84. The van der Waals surface area contributed by atoms with Crippen LogP contribution in [0.2, 0.25) is 0 Å². The van der Waals surface area contributed by atoms with Gasteiger partial charge in [0.05, 0.1) is 159 Å². The lowest BCUT2D eigenvalue weighted by Crippen LogP contribution is -2.33. The number of hydroxylamine groups is 4. The summed E-state index contributed by atoms with van der Waals surface area (Å²) in [4.78, 5) is 78.4. The van der Waals surface area contributed by atoms with Gasteiger partial charge in [0.2, 0.25) is 0 Å². The zero-order chi connectivity index (χ0) is 60.1. The number of unbranched alkanes of at least 4 members (excludes halogenated alkanes) is 16. The van der Waals surface area contributed by atoms with Gasteiger partial charge in [-0.05, 0) is 25.7 Å². The minimum atomic E-state index is -0.816. The standard InChI is InChI=1S/C58H104N2O22S2/c61-53-19-20-54(62)59(53)81-57(65)51-79-47-45-77-43-41-75-39-37-73-35-33-71-31-29-69-27-25-67-23-15-11-7-3-1-5-9-13-17-49-83-84-50-18-14-10-6-2-4-8-12-16-24-68-26-28-70-30-32-72-34-36-74-38-40-76-42-44-78-46-48-80-52-58(66)82-60-55(63)21-22-56(60)64/h1-52H2. The van der Waals surface area contributed by atoms with Gasteiger partial charge in [0.1, 0.15) is 13.2 Å². The summed E-state index contributed by atoms with van der Waals surface area (Å²) in [7, 11) is 4.13. The fraction of sp³-hybridized carbons (Fsp3) is 0.897. The van der Waals surface area contributed by atoms with E-state index in [2.05, 4.69) is 21.6 Å². The van der Waals surface area contributed by atoms with Crippen LogP contribution >= 0.6 is 21.6 Å². The summed E-state index contributed by atoms with van der Waals surface area (Å²) in [5.74, 6) is -1.20. The van der Waals surface area contributed by atoms with E-state index in [4.69, 9.17) is 76.0 Å². The van der Waals surface area contributed by atoms with Crippen LogP contribution in [-0.2, 0) is 105 Å². The first-order valence-electron chi connectivity index (χ1n) is 30.8. The van der Waals surface area contributed by atoms with Gasteiger partial charge in [-0.2, -0.15) is 0 Å². The van der Waals surface area contributed by atoms with Crippen molar-refractivity contribution in [3.63, 3.8) is 0 Å². The smallest absolute Gasteiger partial charge is 0.358 e. The first-order valence-corrected chi connectivity index (χ1v) is 33.3. The van der Waals surface area contributed by atoms with Crippen molar-refractivity contribution >= 4 is 57.2 Å². The van der Waals surface area contributed by atoms with Gasteiger partial charge in [-0.3, -0.25) is 19.2 Å². The molecule has 0 bridgehead atoms. The maximum absolute atomic E-state index is 11.6. The Morgan fingerprint density at radius 1 is 0.250 bits per heavy atom. The number of carbonyl (C=O) groups excluding carboxylic acids is 6. The van der Waals surface area contributed by atoms with E-state index in [0.29, 0.717) is 142 Å². The molecule has 0 unspecified atom stereocenters. The second kappa shape index (κ2) is 60.6. The van der Waals surface area contributed by atoms with Crippen LogP contribution in [0.4, 0.5) is 0 Å². The molecule has 0 aromatic carbocycles. The van der Waals surface area contributed by atoms with Crippen molar-refractivity contribution in [3.8, 4) is 0 Å². The van der Waals surface area contributed by atoms with Gasteiger partial charge in [-0.15, -0.1) is 10.1 Å². The molecule has 0 aromatic heterocycles. The predicted molar refractivity (Wildman–Crippen MR) is 314 cm³/mol. The third-order valence-electron chi connectivity index (χ3n) is 12.4. The highest BCUT2D eigenvalue weighted by Gasteiger charge is 2.33. The van der Waals surface area contributed by atoms with Gasteiger partial charge in [0.15, 0.2) is 0 Å². The van der Waals surface area contributed by atoms with E-state index in [9.17, 15) is 28.8 Å². The highest BCUT2D eigenvalue weighted by molar-refractivity contribution is 8.76. The summed E-state index contributed by atoms with van der Waals surface area (Å²) in [6, 6.07) is 0. The molecule has 0 aromatic rings. The number of rotatable bonds is 67. The number of amides is 4. The topological polar surface area (TPSA) is 257 Å². The van der Waals surface area contributed by atoms with E-state index >= 15 is 0 Å². The van der Waals surface area contributed by atoms with Crippen molar-refractivity contribution in [1.82, 2.24) is 10.1 Å². The minimum Gasteiger partial charge on any atom is -0.379 e. The summed E-state index contributed by atoms with van der Waals surface area (Å²) in [5, 5.41) is 0.978. The van der Waals surface area contributed by atoms with Gasteiger partial charge in [-0.1, -0.05) is 111 Å². The van der Waals surface area contributed by atoms with E-state index in [1.807, 2.05) is 0 Å². The quantitative estimate of drug-likeness (QED) is 0.0343. The molecule has 24 nitrogen and oxygen atoms in total.